The van der Waals surface area contributed by atoms with Gasteiger partial charge in [0.15, 0.2) is 0 Å². The van der Waals surface area contributed by atoms with Crippen molar-refractivity contribution in [3.63, 3.8) is 0 Å². The molecular weight excluding hydrogens is 499 g/mol. The normalized spacial score (nSPS) is 11.8. The van der Waals surface area contributed by atoms with Gasteiger partial charge in [-0.15, -0.1) is 0 Å². The number of hydrogen-bond acceptors (Lipinski definition) is 6. The van der Waals surface area contributed by atoms with E-state index in [0.29, 0.717) is 22.7 Å². The maximum absolute atomic E-state index is 13.9. The molecule has 0 fully saturated rings. The molecule has 38 heavy (non-hydrogen) atoms. The molecular formula is C27H24F3N5O3. The Balaban J connectivity index is 1.68. The summed E-state index contributed by atoms with van der Waals surface area (Å²) >= 11 is 0. The molecule has 0 atom stereocenters. The van der Waals surface area contributed by atoms with Crippen LogP contribution in [0.25, 0.3) is 22.6 Å². The highest BCUT2D eigenvalue weighted by Gasteiger charge is 2.35. The number of aromatic nitrogens is 4. The van der Waals surface area contributed by atoms with Crippen molar-refractivity contribution in [1.82, 2.24) is 19.9 Å². The lowest BCUT2D eigenvalue weighted by molar-refractivity contribution is -0.137. The van der Waals surface area contributed by atoms with Crippen molar-refractivity contribution in [2.45, 2.75) is 33.1 Å². The molecule has 0 spiro atoms. The number of pyridine rings is 2. The van der Waals surface area contributed by atoms with Crippen molar-refractivity contribution in [2.24, 2.45) is 11.1 Å². The van der Waals surface area contributed by atoms with Crippen LogP contribution < -0.4 is 16.0 Å². The molecule has 4 aromatic rings. The van der Waals surface area contributed by atoms with Gasteiger partial charge in [-0.3, -0.25) is 14.6 Å². The van der Waals surface area contributed by atoms with E-state index in [4.69, 9.17) is 10.5 Å². The van der Waals surface area contributed by atoms with Gasteiger partial charge in [-0.1, -0.05) is 26.0 Å². The lowest BCUT2D eigenvalue weighted by Gasteiger charge is -2.21. The van der Waals surface area contributed by atoms with Crippen LogP contribution in [-0.4, -0.2) is 25.8 Å². The van der Waals surface area contributed by atoms with Gasteiger partial charge in [0.2, 0.25) is 11.8 Å². The van der Waals surface area contributed by atoms with E-state index in [-0.39, 0.29) is 30.1 Å². The molecule has 11 heteroatoms. The summed E-state index contributed by atoms with van der Waals surface area (Å²) in [5.41, 5.74) is 4.17. The van der Waals surface area contributed by atoms with Gasteiger partial charge in [-0.25, -0.2) is 9.97 Å². The Hall–Kier alpha value is -4.54. The lowest BCUT2D eigenvalue weighted by Crippen LogP contribution is -2.33. The summed E-state index contributed by atoms with van der Waals surface area (Å²) < 4.78 is 47.2. The number of nitrogens with zero attached hydrogens (tertiary/aromatic N) is 3. The molecule has 1 amide bonds. The van der Waals surface area contributed by atoms with Crippen molar-refractivity contribution in [3.8, 4) is 28.5 Å². The predicted molar refractivity (Wildman–Crippen MR) is 134 cm³/mol. The second-order valence-electron chi connectivity index (χ2n) is 9.28. The van der Waals surface area contributed by atoms with Gasteiger partial charge in [-0.2, -0.15) is 13.2 Å². The quantitative estimate of drug-likeness (QED) is 0.349. The topological polar surface area (TPSA) is 124 Å². The first-order valence-electron chi connectivity index (χ1n) is 11.5. The van der Waals surface area contributed by atoms with Crippen LogP contribution in [0, 0.1) is 5.41 Å². The molecule has 3 aromatic heterocycles. The minimum atomic E-state index is -4.71. The Bertz CT molecular complexity index is 1500. The molecule has 8 nitrogen and oxygen atoms in total. The molecule has 0 aliphatic carbocycles. The van der Waals surface area contributed by atoms with Crippen molar-refractivity contribution in [2.75, 3.05) is 0 Å². The number of carbonyl (C=O) groups excluding carboxylic acids is 1. The number of ether oxygens (including phenoxy) is 1. The number of carbonyl (C=O) groups is 1. The number of nitrogens with one attached hydrogen (secondary N) is 1. The van der Waals surface area contributed by atoms with Gasteiger partial charge in [0.25, 0.3) is 5.56 Å². The first-order chi connectivity index (χ1) is 17.9. The lowest BCUT2D eigenvalue weighted by atomic mass is 9.84. The van der Waals surface area contributed by atoms with E-state index >= 15 is 0 Å². The molecule has 3 N–H and O–H groups in total. The molecule has 3 heterocycles. The van der Waals surface area contributed by atoms with Crippen LogP contribution in [0.3, 0.4) is 0 Å². The fourth-order valence-electron chi connectivity index (χ4n) is 3.72. The van der Waals surface area contributed by atoms with E-state index in [9.17, 15) is 22.8 Å². The van der Waals surface area contributed by atoms with Crippen LogP contribution in [0.1, 0.15) is 30.7 Å². The Labute approximate surface area is 215 Å². The molecule has 1 aromatic carbocycles. The number of hydrogen-bond donors (Lipinski definition) is 2. The molecule has 0 aliphatic rings. The van der Waals surface area contributed by atoms with Crippen molar-refractivity contribution >= 4 is 5.91 Å². The van der Waals surface area contributed by atoms with Crippen LogP contribution >= 0.6 is 0 Å². The highest BCUT2D eigenvalue weighted by Crippen LogP contribution is 2.37. The minimum Gasteiger partial charge on any atom is -0.471 e. The number of nitrogens with two attached hydrogens (primary N) is 1. The van der Waals surface area contributed by atoms with Gasteiger partial charge in [0.05, 0.1) is 17.0 Å². The van der Waals surface area contributed by atoms with Crippen molar-refractivity contribution in [1.29, 1.82) is 0 Å². The maximum Gasteiger partial charge on any atom is 0.417 e. The smallest absolute Gasteiger partial charge is 0.417 e. The number of aromatic amines is 1. The average molecular weight is 524 g/mol. The number of H-pyrrole nitrogens is 1. The monoisotopic (exact) mass is 523 g/mol. The Morgan fingerprint density at radius 1 is 1.05 bits per heavy atom. The number of amides is 1. The van der Waals surface area contributed by atoms with E-state index < -0.39 is 28.6 Å². The Morgan fingerprint density at radius 2 is 1.84 bits per heavy atom. The Kier molecular flexibility index (Phi) is 7.29. The zero-order chi connectivity index (χ0) is 27.5. The molecule has 196 valence electrons. The average Bonchev–Trinajstić information content (AvgIpc) is 2.87. The largest absolute Gasteiger partial charge is 0.471 e. The van der Waals surface area contributed by atoms with E-state index in [1.807, 2.05) is 6.07 Å². The summed E-state index contributed by atoms with van der Waals surface area (Å²) in [6, 6.07) is 13.2. The summed E-state index contributed by atoms with van der Waals surface area (Å²) in [7, 11) is 0. The summed E-state index contributed by atoms with van der Waals surface area (Å²) in [5, 5.41) is 0. The van der Waals surface area contributed by atoms with Crippen LogP contribution in [0.5, 0.6) is 5.88 Å². The third kappa shape index (κ3) is 6.23. The summed E-state index contributed by atoms with van der Waals surface area (Å²) in [4.78, 5) is 39.3. The molecule has 0 bridgehead atoms. The van der Waals surface area contributed by atoms with E-state index in [0.717, 1.165) is 6.07 Å². The zero-order valence-corrected chi connectivity index (χ0v) is 20.5. The predicted octanol–water partition coefficient (Wildman–Crippen LogP) is 4.55. The highest BCUT2D eigenvalue weighted by molar-refractivity contribution is 5.80. The molecule has 0 saturated carbocycles. The van der Waals surface area contributed by atoms with E-state index in [1.54, 1.807) is 44.3 Å². The number of benzene rings is 1. The third-order valence-electron chi connectivity index (χ3n) is 5.83. The second-order valence-corrected chi connectivity index (χ2v) is 9.28. The van der Waals surface area contributed by atoms with Gasteiger partial charge >= 0.3 is 6.18 Å². The summed E-state index contributed by atoms with van der Waals surface area (Å²) in [6.07, 6.45) is -1.56. The van der Waals surface area contributed by atoms with Crippen LogP contribution in [-0.2, 0) is 24.0 Å². The maximum atomic E-state index is 13.9. The zero-order valence-electron chi connectivity index (χ0n) is 20.5. The van der Waals surface area contributed by atoms with Crippen LogP contribution in [0.15, 0.2) is 71.8 Å². The first-order valence-corrected chi connectivity index (χ1v) is 11.5. The van der Waals surface area contributed by atoms with Crippen molar-refractivity contribution in [3.05, 3.63) is 94.2 Å². The summed E-state index contributed by atoms with van der Waals surface area (Å²) in [5.74, 6) is -0.560. The Morgan fingerprint density at radius 3 is 2.47 bits per heavy atom. The fourth-order valence-corrected chi connectivity index (χ4v) is 3.72. The van der Waals surface area contributed by atoms with E-state index in [1.165, 1.54) is 24.4 Å². The molecule has 0 saturated heterocycles. The van der Waals surface area contributed by atoms with Gasteiger partial charge in [0.1, 0.15) is 12.4 Å². The van der Waals surface area contributed by atoms with Gasteiger partial charge in [-0.05, 0) is 42.3 Å². The minimum absolute atomic E-state index is 0.0985. The number of primary amides is 1. The SMILES string of the molecule is CC(C)(Cc1ccc(C(F)(F)F)c(-c2nc(-c3ccc(OCc4ccccn4)nc3)cc(=O)[nH]2)c1)C(N)=O. The molecule has 0 aliphatic heterocycles. The van der Waals surface area contributed by atoms with Gasteiger partial charge < -0.3 is 15.5 Å². The fraction of sp³-hybridized carbons (Fsp3) is 0.222. The number of rotatable bonds is 8. The number of alkyl halides is 3. The number of halogens is 3. The van der Waals surface area contributed by atoms with Crippen LogP contribution in [0.4, 0.5) is 13.2 Å². The molecule has 0 radical (unpaired) electrons. The van der Waals surface area contributed by atoms with Crippen molar-refractivity contribution < 1.29 is 22.7 Å². The van der Waals surface area contributed by atoms with E-state index in [2.05, 4.69) is 19.9 Å². The molecule has 4 rings (SSSR count). The second kappa shape index (κ2) is 10.4. The van der Waals surface area contributed by atoms with Gasteiger partial charge in [0, 0.05) is 41.1 Å². The molecule has 0 unspecified atom stereocenters. The highest BCUT2D eigenvalue weighted by atomic mass is 19.4. The third-order valence-corrected chi connectivity index (χ3v) is 5.83. The van der Waals surface area contributed by atoms with Crippen LogP contribution in [0.2, 0.25) is 0 Å². The standard InChI is InChI=1S/C27H24F3N5O3/c1-26(2,25(31)37)13-16-6-8-20(27(28,29)30)19(11-16)24-34-21(12-22(36)35-24)17-7-9-23(33-14-17)38-15-18-5-3-4-10-32-18/h3-12,14H,13,15H2,1-2H3,(H2,31,37)(H,34,35,36). The summed E-state index contributed by atoms with van der Waals surface area (Å²) in [6.45, 7) is 3.40. The first kappa shape index (κ1) is 26.5.